The Morgan fingerprint density at radius 2 is 2.21 bits per heavy atom. The molecule has 1 heterocycles. The summed E-state index contributed by atoms with van der Waals surface area (Å²) in [5.74, 6) is -1.75. The van der Waals surface area contributed by atoms with E-state index in [4.69, 9.17) is 10.5 Å². The van der Waals surface area contributed by atoms with Gasteiger partial charge in [-0.2, -0.15) is 0 Å². The second-order valence-corrected chi connectivity index (χ2v) is 4.43. The number of aryl methyl sites for hydroxylation is 1. The summed E-state index contributed by atoms with van der Waals surface area (Å²) in [6, 6.07) is 3.74. The van der Waals surface area contributed by atoms with Crippen LogP contribution in [-0.2, 0) is 9.53 Å². The van der Waals surface area contributed by atoms with Gasteiger partial charge in [0.25, 0.3) is 5.91 Å². The summed E-state index contributed by atoms with van der Waals surface area (Å²) >= 11 is 0. The first kappa shape index (κ1) is 13.5. The van der Waals surface area contributed by atoms with Crippen molar-refractivity contribution < 1.29 is 18.7 Å². The van der Waals surface area contributed by atoms with Gasteiger partial charge >= 0.3 is 0 Å². The molecule has 19 heavy (non-hydrogen) atoms. The number of primary amides is 1. The lowest BCUT2D eigenvalue weighted by Crippen LogP contribution is -2.54. The lowest BCUT2D eigenvalue weighted by Gasteiger charge is -2.33. The Bertz CT molecular complexity index is 519. The molecule has 1 aromatic carbocycles. The quantitative estimate of drug-likeness (QED) is 0.845. The first-order valence-corrected chi connectivity index (χ1v) is 5.95. The standard InChI is InChI=1S/C13H15FN2O3/c1-8-3-2-4-9(11(8)14)13(18)16-5-6-19-7-10(16)12(15)17/h2-4,10H,5-7H2,1H3,(H2,15,17). The Morgan fingerprint density at radius 1 is 1.47 bits per heavy atom. The fourth-order valence-electron chi connectivity index (χ4n) is 2.05. The molecule has 6 heteroatoms. The van der Waals surface area contributed by atoms with E-state index in [1.165, 1.54) is 11.0 Å². The van der Waals surface area contributed by atoms with E-state index in [-0.39, 0.29) is 18.7 Å². The van der Waals surface area contributed by atoms with Crippen molar-refractivity contribution in [2.75, 3.05) is 19.8 Å². The van der Waals surface area contributed by atoms with Crippen LogP contribution in [0.1, 0.15) is 15.9 Å². The van der Waals surface area contributed by atoms with Crippen LogP contribution in [0.2, 0.25) is 0 Å². The van der Waals surface area contributed by atoms with Gasteiger partial charge in [-0.05, 0) is 18.6 Å². The average molecular weight is 266 g/mol. The molecule has 1 unspecified atom stereocenters. The van der Waals surface area contributed by atoms with Crippen LogP contribution in [0.15, 0.2) is 18.2 Å². The van der Waals surface area contributed by atoms with Gasteiger partial charge < -0.3 is 15.4 Å². The summed E-state index contributed by atoms with van der Waals surface area (Å²) in [4.78, 5) is 24.9. The predicted molar refractivity (Wildman–Crippen MR) is 66.0 cm³/mol. The zero-order valence-corrected chi connectivity index (χ0v) is 10.6. The van der Waals surface area contributed by atoms with Crippen molar-refractivity contribution >= 4 is 11.8 Å². The molecular formula is C13H15FN2O3. The van der Waals surface area contributed by atoms with Crippen LogP contribution in [0.4, 0.5) is 4.39 Å². The Kier molecular flexibility index (Phi) is 3.80. The van der Waals surface area contributed by atoms with Crippen LogP contribution in [-0.4, -0.2) is 42.5 Å². The minimum Gasteiger partial charge on any atom is -0.377 e. The molecule has 2 rings (SSSR count). The molecular weight excluding hydrogens is 251 g/mol. The van der Waals surface area contributed by atoms with Crippen molar-refractivity contribution in [1.82, 2.24) is 4.90 Å². The molecule has 0 bridgehead atoms. The Morgan fingerprint density at radius 3 is 2.89 bits per heavy atom. The van der Waals surface area contributed by atoms with E-state index in [2.05, 4.69) is 0 Å². The van der Waals surface area contributed by atoms with E-state index in [0.717, 1.165) is 0 Å². The number of hydrogen-bond acceptors (Lipinski definition) is 3. The van der Waals surface area contributed by atoms with Crippen LogP contribution >= 0.6 is 0 Å². The van der Waals surface area contributed by atoms with E-state index in [1.807, 2.05) is 0 Å². The Labute approximate surface area is 110 Å². The molecule has 1 saturated heterocycles. The van der Waals surface area contributed by atoms with Crippen LogP contribution < -0.4 is 5.73 Å². The van der Waals surface area contributed by atoms with E-state index in [0.29, 0.717) is 12.2 Å². The number of ether oxygens (including phenoxy) is 1. The second-order valence-electron chi connectivity index (χ2n) is 4.43. The first-order chi connectivity index (χ1) is 9.02. The van der Waals surface area contributed by atoms with E-state index in [1.54, 1.807) is 19.1 Å². The third-order valence-electron chi connectivity index (χ3n) is 3.14. The predicted octanol–water partition coefficient (Wildman–Crippen LogP) is 0.460. The summed E-state index contributed by atoms with van der Waals surface area (Å²) < 4.78 is 19.1. The van der Waals surface area contributed by atoms with Crippen LogP contribution in [0.3, 0.4) is 0 Å². The van der Waals surface area contributed by atoms with E-state index < -0.39 is 23.7 Å². The van der Waals surface area contributed by atoms with Gasteiger partial charge in [0.2, 0.25) is 5.91 Å². The lowest BCUT2D eigenvalue weighted by molar-refractivity contribution is -0.127. The van der Waals surface area contributed by atoms with Crippen molar-refractivity contribution in [1.29, 1.82) is 0 Å². The lowest BCUT2D eigenvalue weighted by atomic mass is 10.1. The zero-order chi connectivity index (χ0) is 14.0. The van der Waals surface area contributed by atoms with Gasteiger partial charge in [-0.25, -0.2) is 4.39 Å². The van der Waals surface area contributed by atoms with Crippen molar-refractivity contribution in [3.63, 3.8) is 0 Å². The largest absolute Gasteiger partial charge is 0.377 e. The number of rotatable bonds is 2. The smallest absolute Gasteiger partial charge is 0.257 e. The van der Waals surface area contributed by atoms with Crippen molar-refractivity contribution in [3.05, 3.63) is 35.1 Å². The molecule has 1 aromatic rings. The molecule has 5 nitrogen and oxygen atoms in total. The highest BCUT2D eigenvalue weighted by molar-refractivity contribution is 5.97. The van der Waals surface area contributed by atoms with Gasteiger partial charge in [-0.1, -0.05) is 12.1 Å². The molecule has 0 aliphatic carbocycles. The second kappa shape index (κ2) is 5.36. The highest BCUT2D eigenvalue weighted by atomic mass is 19.1. The topological polar surface area (TPSA) is 72.6 Å². The molecule has 102 valence electrons. The van der Waals surface area contributed by atoms with Gasteiger partial charge in [0, 0.05) is 6.54 Å². The SMILES string of the molecule is Cc1cccc(C(=O)N2CCOCC2C(N)=O)c1F. The van der Waals surface area contributed by atoms with Crippen LogP contribution in [0.5, 0.6) is 0 Å². The fraction of sp³-hybridized carbons (Fsp3) is 0.385. The summed E-state index contributed by atoms with van der Waals surface area (Å²) in [5, 5.41) is 0. The summed E-state index contributed by atoms with van der Waals surface area (Å²) in [7, 11) is 0. The van der Waals surface area contributed by atoms with Gasteiger partial charge in [-0.15, -0.1) is 0 Å². The Hall–Kier alpha value is -1.95. The normalized spacial score (nSPS) is 19.3. The zero-order valence-electron chi connectivity index (χ0n) is 10.6. The number of carbonyl (C=O) groups excluding carboxylic acids is 2. The summed E-state index contributed by atoms with van der Waals surface area (Å²) in [5.41, 5.74) is 5.57. The molecule has 0 aromatic heterocycles. The fourth-order valence-corrected chi connectivity index (χ4v) is 2.05. The number of amides is 2. The number of carbonyl (C=O) groups is 2. The third kappa shape index (κ3) is 2.58. The molecule has 1 aliphatic rings. The van der Waals surface area contributed by atoms with E-state index in [9.17, 15) is 14.0 Å². The third-order valence-corrected chi connectivity index (χ3v) is 3.14. The van der Waals surface area contributed by atoms with Gasteiger partial charge in [-0.3, -0.25) is 9.59 Å². The average Bonchev–Trinajstić information content (AvgIpc) is 2.41. The number of morpholine rings is 1. The monoisotopic (exact) mass is 266 g/mol. The van der Waals surface area contributed by atoms with Crippen molar-refractivity contribution in [3.8, 4) is 0 Å². The molecule has 0 saturated carbocycles. The minimum absolute atomic E-state index is 0.0480. The molecule has 2 amide bonds. The van der Waals surface area contributed by atoms with Gasteiger partial charge in [0.1, 0.15) is 11.9 Å². The van der Waals surface area contributed by atoms with Crippen molar-refractivity contribution in [2.45, 2.75) is 13.0 Å². The molecule has 0 radical (unpaired) electrons. The highest BCUT2D eigenvalue weighted by Crippen LogP contribution is 2.17. The number of hydrogen-bond donors (Lipinski definition) is 1. The maximum atomic E-state index is 13.9. The number of benzene rings is 1. The van der Waals surface area contributed by atoms with Crippen LogP contribution in [0.25, 0.3) is 0 Å². The highest BCUT2D eigenvalue weighted by Gasteiger charge is 2.33. The first-order valence-electron chi connectivity index (χ1n) is 5.95. The molecule has 2 N–H and O–H groups in total. The van der Waals surface area contributed by atoms with E-state index >= 15 is 0 Å². The Balaban J connectivity index is 2.31. The van der Waals surface area contributed by atoms with Gasteiger partial charge in [0.05, 0.1) is 18.8 Å². The maximum absolute atomic E-state index is 13.9. The van der Waals surface area contributed by atoms with Gasteiger partial charge in [0.15, 0.2) is 0 Å². The van der Waals surface area contributed by atoms with Crippen molar-refractivity contribution in [2.24, 2.45) is 5.73 Å². The molecule has 1 fully saturated rings. The number of halogens is 1. The molecule has 0 spiro atoms. The molecule has 1 aliphatic heterocycles. The minimum atomic E-state index is -0.846. The maximum Gasteiger partial charge on any atom is 0.257 e. The number of nitrogens with two attached hydrogens (primary N) is 1. The summed E-state index contributed by atoms with van der Waals surface area (Å²) in [6.45, 7) is 2.16. The number of nitrogens with zero attached hydrogens (tertiary/aromatic N) is 1. The summed E-state index contributed by atoms with van der Waals surface area (Å²) in [6.07, 6.45) is 0. The van der Waals surface area contributed by atoms with Crippen LogP contribution in [0, 0.1) is 12.7 Å². The molecule has 1 atom stereocenters.